The molecule has 0 bridgehead atoms. The van der Waals surface area contributed by atoms with E-state index in [0.717, 1.165) is 30.2 Å². The predicted molar refractivity (Wildman–Crippen MR) is 62.1 cm³/mol. The number of aromatic nitrogens is 4. The lowest BCUT2D eigenvalue weighted by atomic mass is 10.3. The number of pyridine rings is 1. The normalized spacial score (nSPS) is 10.6. The molecule has 0 aliphatic carbocycles. The van der Waals surface area contributed by atoms with E-state index in [1.165, 1.54) is 0 Å². The van der Waals surface area contributed by atoms with Gasteiger partial charge in [0.1, 0.15) is 5.82 Å². The van der Waals surface area contributed by atoms with Gasteiger partial charge in [-0.05, 0) is 12.1 Å². The van der Waals surface area contributed by atoms with Crippen molar-refractivity contribution in [3.05, 3.63) is 41.7 Å². The smallest absolute Gasteiger partial charge is 0.150 e. The number of rotatable bonds is 4. The average molecular weight is 216 g/mol. The molecule has 16 heavy (non-hydrogen) atoms. The average Bonchev–Trinajstić information content (AvgIpc) is 2.73. The molecule has 4 heteroatoms. The van der Waals surface area contributed by atoms with Crippen LogP contribution in [0.5, 0.6) is 0 Å². The maximum atomic E-state index is 4.47. The maximum absolute atomic E-state index is 4.47. The highest BCUT2D eigenvalue weighted by atomic mass is 15.3. The van der Waals surface area contributed by atoms with Gasteiger partial charge in [-0.2, -0.15) is 5.10 Å². The van der Waals surface area contributed by atoms with Crippen molar-refractivity contribution in [2.45, 2.75) is 33.2 Å². The van der Waals surface area contributed by atoms with Crippen LogP contribution in [-0.2, 0) is 19.4 Å². The quantitative estimate of drug-likeness (QED) is 0.783. The Hall–Kier alpha value is -1.71. The van der Waals surface area contributed by atoms with E-state index in [4.69, 9.17) is 0 Å². The number of hydrogen-bond acceptors (Lipinski definition) is 3. The van der Waals surface area contributed by atoms with Crippen LogP contribution in [0.4, 0.5) is 0 Å². The Labute approximate surface area is 95.4 Å². The molecule has 0 atom stereocenters. The zero-order chi connectivity index (χ0) is 11.4. The van der Waals surface area contributed by atoms with Crippen molar-refractivity contribution in [3.8, 4) is 0 Å². The summed E-state index contributed by atoms with van der Waals surface area (Å²) >= 11 is 0. The van der Waals surface area contributed by atoms with Crippen molar-refractivity contribution in [2.75, 3.05) is 0 Å². The van der Waals surface area contributed by atoms with Gasteiger partial charge in [0.15, 0.2) is 5.82 Å². The van der Waals surface area contributed by atoms with Crippen LogP contribution in [-0.4, -0.2) is 19.7 Å². The van der Waals surface area contributed by atoms with Gasteiger partial charge in [-0.25, -0.2) is 9.67 Å². The lowest BCUT2D eigenvalue weighted by molar-refractivity contribution is 0.626. The standard InChI is InChI=1S/C12H16N4/c1-3-11-14-12(4-2)16(15-11)9-10-7-5-6-8-13-10/h5-8H,3-4,9H2,1-2H3. The zero-order valence-corrected chi connectivity index (χ0v) is 9.72. The van der Waals surface area contributed by atoms with Crippen LogP contribution in [0.1, 0.15) is 31.2 Å². The summed E-state index contributed by atoms with van der Waals surface area (Å²) in [6, 6.07) is 5.92. The lowest BCUT2D eigenvalue weighted by Gasteiger charge is -2.02. The first-order chi connectivity index (χ1) is 7.83. The van der Waals surface area contributed by atoms with Crippen LogP contribution in [0.2, 0.25) is 0 Å². The Balaban J connectivity index is 2.23. The summed E-state index contributed by atoms with van der Waals surface area (Å²) in [5, 5.41) is 4.46. The van der Waals surface area contributed by atoms with Gasteiger partial charge in [0, 0.05) is 19.0 Å². The minimum absolute atomic E-state index is 0.705. The predicted octanol–water partition coefficient (Wildman–Crippen LogP) is 1.85. The maximum Gasteiger partial charge on any atom is 0.150 e. The zero-order valence-electron chi connectivity index (χ0n) is 9.72. The highest BCUT2D eigenvalue weighted by molar-refractivity contribution is 5.05. The highest BCUT2D eigenvalue weighted by Gasteiger charge is 2.07. The summed E-state index contributed by atoms with van der Waals surface area (Å²) in [4.78, 5) is 8.76. The van der Waals surface area contributed by atoms with Crippen molar-refractivity contribution in [2.24, 2.45) is 0 Å². The summed E-state index contributed by atoms with van der Waals surface area (Å²) in [5.41, 5.74) is 1.02. The third-order valence-corrected chi connectivity index (χ3v) is 2.46. The first-order valence-corrected chi connectivity index (χ1v) is 5.66. The summed E-state index contributed by atoms with van der Waals surface area (Å²) in [5.74, 6) is 1.94. The third kappa shape index (κ3) is 2.27. The molecule has 0 aliphatic heterocycles. The largest absolute Gasteiger partial charge is 0.259 e. The molecule has 0 spiro atoms. The molecule has 2 aromatic heterocycles. The Morgan fingerprint density at radius 1 is 1.19 bits per heavy atom. The Morgan fingerprint density at radius 2 is 2.06 bits per heavy atom. The molecule has 2 rings (SSSR count). The number of aryl methyl sites for hydroxylation is 2. The second kappa shape index (κ2) is 4.88. The van der Waals surface area contributed by atoms with Crippen LogP contribution >= 0.6 is 0 Å². The lowest BCUT2D eigenvalue weighted by Crippen LogP contribution is -2.07. The molecule has 0 aliphatic rings. The van der Waals surface area contributed by atoms with E-state index in [-0.39, 0.29) is 0 Å². The topological polar surface area (TPSA) is 43.6 Å². The van der Waals surface area contributed by atoms with Gasteiger partial charge in [0.25, 0.3) is 0 Å². The number of hydrogen-bond donors (Lipinski definition) is 0. The van der Waals surface area contributed by atoms with E-state index < -0.39 is 0 Å². The van der Waals surface area contributed by atoms with Crippen LogP contribution in [0, 0.1) is 0 Å². The van der Waals surface area contributed by atoms with Crippen LogP contribution < -0.4 is 0 Å². The van der Waals surface area contributed by atoms with Gasteiger partial charge in [-0.15, -0.1) is 0 Å². The van der Waals surface area contributed by atoms with E-state index in [1.54, 1.807) is 6.20 Å². The minimum Gasteiger partial charge on any atom is -0.259 e. The minimum atomic E-state index is 0.705. The van der Waals surface area contributed by atoms with E-state index in [0.29, 0.717) is 6.54 Å². The summed E-state index contributed by atoms with van der Waals surface area (Å²) in [7, 11) is 0. The first-order valence-electron chi connectivity index (χ1n) is 5.66. The highest BCUT2D eigenvalue weighted by Crippen LogP contribution is 2.04. The molecule has 0 N–H and O–H groups in total. The van der Waals surface area contributed by atoms with Crippen LogP contribution in [0.15, 0.2) is 24.4 Å². The van der Waals surface area contributed by atoms with Gasteiger partial charge >= 0.3 is 0 Å². The van der Waals surface area contributed by atoms with Gasteiger partial charge in [0.05, 0.1) is 12.2 Å². The van der Waals surface area contributed by atoms with E-state index in [9.17, 15) is 0 Å². The van der Waals surface area contributed by atoms with Gasteiger partial charge in [-0.1, -0.05) is 19.9 Å². The fourth-order valence-corrected chi connectivity index (χ4v) is 1.61. The van der Waals surface area contributed by atoms with Crippen molar-refractivity contribution in [1.29, 1.82) is 0 Å². The summed E-state index contributed by atoms with van der Waals surface area (Å²) in [6.45, 7) is 4.87. The van der Waals surface area contributed by atoms with Crippen LogP contribution in [0.25, 0.3) is 0 Å². The molecule has 84 valence electrons. The van der Waals surface area contributed by atoms with Crippen molar-refractivity contribution < 1.29 is 0 Å². The molecule has 0 amide bonds. The number of nitrogens with zero attached hydrogens (tertiary/aromatic N) is 4. The first kappa shape index (κ1) is 10.8. The van der Waals surface area contributed by atoms with Crippen LogP contribution in [0.3, 0.4) is 0 Å². The van der Waals surface area contributed by atoms with Gasteiger partial charge < -0.3 is 0 Å². The van der Waals surface area contributed by atoms with Crippen molar-refractivity contribution >= 4 is 0 Å². The second-order valence-electron chi connectivity index (χ2n) is 3.63. The molecule has 0 saturated carbocycles. The fraction of sp³-hybridized carbons (Fsp3) is 0.417. The SMILES string of the molecule is CCc1nc(CC)n(Cc2ccccn2)n1. The molecule has 0 radical (unpaired) electrons. The molecule has 2 aromatic rings. The molecular formula is C12H16N4. The Bertz CT molecular complexity index is 447. The molecule has 0 fully saturated rings. The molecule has 4 nitrogen and oxygen atoms in total. The third-order valence-electron chi connectivity index (χ3n) is 2.46. The Kier molecular flexibility index (Phi) is 3.29. The fourth-order valence-electron chi connectivity index (χ4n) is 1.61. The summed E-state index contributed by atoms with van der Waals surface area (Å²) < 4.78 is 1.95. The molecule has 0 saturated heterocycles. The Morgan fingerprint density at radius 3 is 2.69 bits per heavy atom. The molecule has 0 aromatic carbocycles. The van der Waals surface area contributed by atoms with Gasteiger partial charge in [0.2, 0.25) is 0 Å². The molecule has 0 unspecified atom stereocenters. The van der Waals surface area contributed by atoms with E-state index in [2.05, 4.69) is 28.9 Å². The summed E-state index contributed by atoms with van der Waals surface area (Å²) in [6.07, 6.45) is 3.58. The van der Waals surface area contributed by atoms with E-state index >= 15 is 0 Å². The monoisotopic (exact) mass is 216 g/mol. The molecule has 2 heterocycles. The molecular weight excluding hydrogens is 200 g/mol. The van der Waals surface area contributed by atoms with Crippen molar-refractivity contribution in [3.63, 3.8) is 0 Å². The van der Waals surface area contributed by atoms with Gasteiger partial charge in [-0.3, -0.25) is 4.98 Å². The second-order valence-corrected chi connectivity index (χ2v) is 3.63. The van der Waals surface area contributed by atoms with Crippen molar-refractivity contribution in [1.82, 2.24) is 19.7 Å². The van der Waals surface area contributed by atoms with E-state index in [1.807, 2.05) is 22.9 Å².